The topological polar surface area (TPSA) is 61.3 Å². The summed E-state index contributed by atoms with van der Waals surface area (Å²) >= 11 is 0. The molecule has 5 heteroatoms. The molecule has 2 N–H and O–H groups in total. The number of H-pyrrole nitrogens is 1. The zero-order valence-corrected chi connectivity index (χ0v) is 22.0. The van der Waals surface area contributed by atoms with Crippen molar-refractivity contribution in [3.63, 3.8) is 0 Å². The van der Waals surface area contributed by atoms with Crippen molar-refractivity contribution < 1.29 is 5.11 Å². The molecule has 3 heterocycles. The highest BCUT2D eigenvalue weighted by atomic mass is 16.3. The predicted octanol–water partition coefficient (Wildman–Crippen LogP) is 5.61. The lowest BCUT2D eigenvalue weighted by Gasteiger charge is -2.33. The monoisotopic (exact) mass is 463 g/mol. The number of hydrogen-bond donors (Lipinski definition) is 2. The maximum absolute atomic E-state index is 12.4. The number of aromatic amines is 1. The van der Waals surface area contributed by atoms with Gasteiger partial charge in [-0.05, 0) is 101 Å². The van der Waals surface area contributed by atoms with Crippen molar-refractivity contribution in [3.8, 4) is 11.3 Å². The van der Waals surface area contributed by atoms with Gasteiger partial charge in [-0.2, -0.15) is 0 Å². The average Bonchev–Trinajstić information content (AvgIpc) is 3.17. The van der Waals surface area contributed by atoms with Crippen LogP contribution in [0.25, 0.3) is 22.2 Å². The molecule has 0 unspecified atom stereocenters. The minimum absolute atomic E-state index is 0.0691. The predicted molar refractivity (Wildman–Crippen MR) is 142 cm³/mol. The number of nitrogens with zero attached hydrogens (tertiary/aromatic N) is 2. The van der Waals surface area contributed by atoms with Gasteiger partial charge in [0.2, 0.25) is 0 Å². The van der Waals surface area contributed by atoms with Crippen LogP contribution in [-0.4, -0.2) is 44.8 Å². The summed E-state index contributed by atoms with van der Waals surface area (Å²) in [6.45, 7) is 15.4. The van der Waals surface area contributed by atoms with Gasteiger partial charge in [-0.15, -0.1) is 0 Å². The van der Waals surface area contributed by atoms with Crippen LogP contribution in [0.15, 0.2) is 29.2 Å². The molecule has 0 bridgehead atoms. The van der Waals surface area contributed by atoms with E-state index in [2.05, 4.69) is 48.9 Å². The van der Waals surface area contributed by atoms with Crippen molar-refractivity contribution in [3.05, 3.63) is 57.0 Å². The van der Waals surface area contributed by atoms with Gasteiger partial charge in [0.25, 0.3) is 5.56 Å². The second-order valence-electron chi connectivity index (χ2n) is 11.3. The Morgan fingerprint density at radius 2 is 1.82 bits per heavy atom. The van der Waals surface area contributed by atoms with Crippen LogP contribution >= 0.6 is 0 Å². The summed E-state index contributed by atoms with van der Waals surface area (Å²) < 4.78 is 1.70. The van der Waals surface area contributed by atoms with E-state index in [-0.39, 0.29) is 5.56 Å². The first-order valence-corrected chi connectivity index (χ1v) is 12.7. The van der Waals surface area contributed by atoms with Crippen molar-refractivity contribution in [1.82, 2.24) is 14.5 Å². The molecule has 1 saturated heterocycles. The Morgan fingerprint density at radius 3 is 2.44 bits per heavy atom. The zero-order chi connectivity index (χ0) is 24.8. The summed E-state index contributed by atoms with van der Waals surface area (Å²) in [5.74, 6) is 0.933. The molecular weight excluding hydrogens is 422 g/mol. The quantitative estimate of drug-likeness (QED) is 0.499. The van der Waals surface area contributed by atoms with Crippen LogP contribution in [0.2, 0.25) is 0 Å². The Hall–Kier alpha value is -2.37. The van der Waals surface area contributed by atoms with E-state index in [1.165, 1.54) is 16.5 Å². The smallest absolute Gasteiger partial charge is 0.253 e. The van der Waals surface area contributed by atoms with Crippen molar-refractivity contribution >= 4 is 10.9 Å². The second-order valence-corrected chi connectivity index (χ2v) is 11.3. The van der Waals surface area contributed by atoms with E-state index in [0.717, 1.165) is 66.8 Å². The fourth-order valence-electron chi connectivity index (χ4n) is 5.45. The van der Waals surface area contributed by atoms with Gasteiger partial charge in [0, 0.05) is 41.8 Å². The Kier molecular flexibility index (Phi) is 6.80. The summed E-state index contributed by atoms with van der Waals surface area (Å²) in [5, 5.41) is 11.4. The molecule has 0 spiro atoms. The number of rotatable bonds is 6. The summed E-state index contributed by atoms with van der Waals surface area (Å²) in [7, 11) is 1.84. The first-order valence-electron chi connectivity index (χ1n) is 12.7. The standard InChI is InChI=1S/C29H41N3O2/c1-18(2)26-23-16-22(21-10-13-32(14-11-21)15-12-29(5,6)34)8-9-25(23)30-27(26)24-17-31(7)28(33)20(4)19(24)3/h8-9,16-18,21,30,34H,10-15H2,1-7H3. The molecule has 0 atom stereocenters. The van der Waals surface area contributed by atoms with E-state index in [0.29, 0.717) is 11.8 Å². The number of fused-ring (bicyclic) bond motifs is 1. The molecule has 2 aromatic heterocycles. The molecule has 0 amide bonds. The van der Waals surface area contributed by atoms with Crippen LogP contribution in [-0.2, 0) is 7.05 Å². The molecule has 0 radical (unpaired) electrons. The molecule has 4 rings (SSSR count). The highest BCUT2D eigenvalue weighted by molar-refractivity contribution is 5.92. The summed E-state index contributed by atoms with van der Waals surface area (Å²) in [6.07, 6.45) is 5.11. The largest absolute Gasteiger partial charge is 0.390 e. The Balaban J connectivity index is 1.66. The van der Waals surface area contributed by atoms with Crippen molar-refractivity contribution in [2.24, 2.45) is 7.05 Å². The fourth-order valence-corrected chi connectivity index (χ4v) is 5.45. The number of aliphatic hydroxyl groups is 1. The van der Waals surface area contributed by atoms with Gasteiger partial charge < -0.3 is 19.6 Å². The normalized spacial score (nSPS) is 16.1. The second kappa shape index (κ2) is 9.35. The molecule has 1 aromatic carbocycles. The lowest BCUT2D eigenvalue weighted by atomic mass is 9.87. The Bertz CT molecular complexity index is 1230. The number of pyridine rings is 1. The highest BCUT2D eigenvalue weighted by Gasteiger charge is 2.24. The first kappa shape index (κ1) is 24.7. The SMILES string of the molecule is Cc1c(-c2[nH]c3ccc(C4CCN(CCC(C)(C)O)CC4)cc3c2C(C)C)cn(C)c(=O)c1C. The molecule has 0 aliphatic carbocycles. The number of nitrogens with one attached hydrogen (secondary N) is 1. The molecule has 34 heavy (non-hydrogen) atoms. The fraction of sp³-hybridized carbons (Fsp3) is 0.552. The van der Waals surface area contributed by atoms with Crippen LogP contribution in [0.4, 0.5) is 0 Å². The minimum atomic E-state index is -0.594. The van der Waals surface area contributed by atoms with Gasteiger partial charge in [-0.25, -0.2) is 0 Å². The number of likely N-dealkylation sites (tertiary alicyclic amines) is 1. The van der Waals surface area contributed by atoms with Gasteiger partial charge in [-0.1, -0.05) is 19.9 Å². The van der Waals surface area contributed by atoms with Crippen LogP contribution in [0.5, 0.6) is 0 Å². The maximum Gasteiger partial charge on any atom is 0.253 e. The van der Waals surface area contributed by atoms with Gasteiger partial charge in [0.1, 0.15) is 0 Å². The van der Waals surface area contributed by atoms with Crippen LogP contribution in [0.3, 0.4) is 0 Å². The number of aryl methyl sites for hydroxylation is 1. The van der Waals surface area contributed by atoms with E-state index >= 15 is 0 Å². The average molecular weight is 464 g/mol. The molecular formula is C29H41N3O2. The van der Waals surface area contributed by atoms with Gasteiger partial charge >= 0.3 is 0 Å². The minimum Gasteiger partial charge on any atom is -0.390 e. The zero-order valence-electron chi connectivity index (χ0n) is 22.0. The number of piperidine rings is 1. The van der Waals surface area contributed by atoms with E-state index in [1.807, 2.05) is 34.0 Å². The van der Waals surface area contributed by atoms with Crippen LogP contribution < -0.4 is 5.56 Å². The lowest BCUT2D eigenvalue weighted by Crippen LogP contribution is -2.36. The third kappa shape index (κ3) is 4.87. The number of benzene rings is 1. The van der Waals surface area contributed by atoms with E-state index < -0.39 is 5.60 Å². The third-order valence-corrected chi connectivity index (χ3v) is 7.74. The van der Waals surface area contributed by atoms with Crippen molar-refractivity contribution in [1.29, 1.82) is 0 Å². The number of hydrogen-bond acceptors (Lipinski definition) is 3. The molecule has 1 aliphatic heterocycles. The summed E-state index contributed by atoms with van der Waals surface area (Å²) in [5.41, 5.74) is 7.51. The molecule has 1 aliphatic rings. The summed E-state index contributed by atoms with van der Waals surface area (Å²) in [6, 6.07) is 6.94. The van der Waals surface area contributed by atoms with Crippen LogP contribution in [0, 0.1) is 13.8 Å². The summed E-state index contributed by atoms with van der Waals surface area (Å²) in [4.78, 5) is 18.6. The van der Waals surface area contributed by atoms with E-state index in [9.17, 15) is 9.90 Å². The van der Waals surface area contributed by atoms with Gasteiger partial charge in [0.05, 0.1) is 11.3 Å². The molecule has 184 valence electrons. The van der Waals surface area contributed by atoms with E-state index in [1.54, 1.807) is 4.57 Å². The first-order chi connectivity index (χ1) is 16.0. The maximum atomic E-state index is 12.4. The van der Waals surface area contributed by atoms with E-state index in [4.69, 9.17) is 0 Å². The van der Waals surface area contributed by atoms with Crippen molar-refractivity contribution in [2.75, 3.05) is 19.6 Å². The molecule has 3 aromatic rings. The lowest BCUT2D eigenvalue weighted by molar-refractivity contribution is 0.0540. The van der Waals surface area contributed by atoms with Gasteiger partial charge in [-0.3, -0.25) is 4.79 Å². The molecule has 0 saturated carbocycles. The Labute approximate surface area is 203 Å². The molecule has 5 nitrogen and oxygen atoms in total. The number of aromatic nitrogens is 2. The third-order valence-electron chi connectivity index (χ3n) is 7.74. The van der Waals surface area contributed by atoms with Crippen LogP contribution in [0.1, 0.15) is 81.0 Å². The highest BCUT2D eigenvalue weighted by Crippen LogP contribution is 2.39. The molecule has 1 fully saturated rings. The van der Waals surface area contributed by atoms with Crippen molar-refractivity contribution in [2.45, 2.75) is 78.2 Å². The Morgan fingerprint density at radius 1 is 1.15 bits per heavy atom. The van der Waals surface area contributed by atoms with Gasteiger partial charge in [0.15, 0.2) is 0 Å².